The Hall–Kier alpha value is -3.04. The molecule has 2 amide bonds. The van der Waals surface area contributed by atoms with Crippen molar-refractivity contribution in [2.45, 2.75) is 44.6 Å². The van der Waals surface area contributed by atoms with Crippen molar-refractivity contribution in [3.63, 3.8) is 0 Å². The number of carbonyl (C=O) groups is 2. The molecule has 6 nitrogen and oxygen atoms in total. The van der Waals surface area contributed by atoms with E-state index in [0.717, 1.165) is 17.0 Å². The molecule has 2 fully saturated rings. The van der Waals surface area contributed by atoms with Gasteiger partial charge >= 0.3 is 0 Å². The number of halogens is 4. The number of hydrogen-bond acceptors (Lipinski definition) is 4. The van der Waals surface area contributed by atoms with Crippen LogP contribution in [-0.2, 0) is 4.79 Å². The van der Waals surface area contributed by atoms with E-state index in [9.17, 15) is 27.2 Å². The van der Waals surface area contributed by atoms with Crippen LogP contribution in [0.1, 0.15) is 42.0 Å². The Bertz CT molecular complexity index is 1030. The Kier molecular flexibility index (Phi) is 5.18. The van der Waals surface area contributed by atoms with Gasteiger partial charge in [0.15, 0.2) is 0 Å². The van der Waals surface area contributed by atoms with E-state index in [1.165, 1.54) is 12.3 Å². The predicted molar refractivity (Wildman–Crippen MR) is 103 cm³/mol. The van der Waals surface area contributed by atoms with Gasteiger partial charge in [-0.05, 0) is 38.0 Å². The minimum Gasteiger partial charge on any atom is -0.348 e. The Morgan fingerprint density at radius 2 is 1.90 bits per heavy atom. The first kappa shape index (κ1) is 21.2. The van der Waals surface area contributed by atoms with Crippen molar-refractivity contribution in [3.05, 3.63) is 53.6 Å². The van der Waals surface area contributed by atoms with E-state index in [1.54, 1.807) is 6.92 Å². The summed E-state index contributed by atoms with van der Waals surface area (Å²) in [7, 11) is 0. The van der Waals surface area contributed by atoms with Crippen LogP contribution in [-0.4, -0.2) is 40.3 Å². The van der Waals surface area contributed by atoms with Crippen LogP contribution in [0, 0.1) is 24.0 Å². The third-order valence-corrected chi connectivity index (χ3v) is 5.79. The van der Waals surface area contributed by atoms with Crippen molar-refractivity contribution < 1.29 is 27.2 Å². The van der Waals surface area contributed by atoms with Gasteiger partial charge in [-0.25, -0.2) is 27.5 Å². The van der Waals surface area contributed by atoms with Gasteiger partial charge in [-0.3, -0.25) is 9.59 Å². The summed E-state index contributed by atoms with van der Waals surface area (Å²) in [6.07, 6.45) is 0.216. The Balaban J connectivity index is 1.56. The minimum absolute atomic E-state index is 0.00548. The molecule has 164 valence electrons. The summed E-state index contributed by atoms with van der Waals surface area (Å²) in [5, 5.41) is 2.56. The lowest BCUT2D eigenvalue weighted by atomic mass is 9.69. The second kappa shape index (κ2) is 7.58. The molecular formula is C21H20F4N4O2. The Morgan fingerprint density at radius 3 is 2.58 bits per heavy atom. The molecule has 1 saturated carbocycles. The topological polar surface area (TPSA) is 75.2 Å². The number of rotatable bonds is 3. The van der Waals surface area contributed by atoms with Crippen LogP contribution in [0.2, 0.25) is 0 Å². The number of carbonyl (C=O) groups excluding carboxylic acids is 2. The Labute approximate surface area is 175 Å². The number of hydrogen-bond donors (Lipinski definition) is 1. The van der Waals surface area contributed by atoms with Gasteiger partial charge in [0.05, 0.1) is 5.41 Å². The minimum atomic E-state index is -3.18. The van der Waals surface area contributed by atoms with Crippen LogP contribution in [0.5, 0.6) is 0 Å². The van der Waals surface area contributed by atoms with Gasteiger partial charge < -0.3 is 10.2 Å². The maximum atomic E-state index is 14.6. The molecule has 1 spiro atoms. The molecule has 31 heavy (non-hydrogen) atoms. The highest BCUT2D eigenvalue weighted by Crippen LogP contribution is 2.51. The number of amides is 2. The van der Waals surface area contributed by atoms with E-state index < -0.39 is 53.7 Å². The van der Waals surface area contributed by atoms with Crippen molar-refractivity contribution in [2.24, 2.45) is 5.41 Å². The highest BCUT2D eigenvalue weighted by Gasteiger charge is 2.57. The summed E-state index contributed by atoms with van der Waals surface area (Å²) in [5.74, 6) is -5.78. The summed E-state index contributed by atoms with van der Waals surface area (Å²) in [6.45, 7) is 1.66. The summed E-state index contributed by atoms with van der Waals surface area (Å²) in [4.78, 5) is 34.7. The monoisotopic (exact) mass is 436 g/mol. The van der Waals surface area contributed by atoms with Crippen LogP contribution < -0.4 is 10.2 Å². The van der Waals surface area contributed by atoms with Crippen molar-refractivity contribution in [1.29, 1.82) is 0 Å². The second-order valence-corrected chi connectivity index (χ2v) is 8.22. The summed E-state index contributed by atoms with van der Waals surface area (Å²) >= 11 is 0. The maximum Gasteiger partial charge on any atom is 0.270 e. The molecule has 1 aliphatic heterocycles. The average molecular weight is 436 g/mol. The maximum absolute atomic E-state index is 14.6. The van der Waals surface area contributed by atoms with E-state index >= 15 is 0 Å². The molecule has 2 aliphatic rings. The van der Waals surface area contributed by atoms with Gasteiger partial charge in [-0.2, -0.15) is 0 Å². The molecule has 10 heteroatoms. The van der Waals surface area contributed by atoms with Gasteiger partial charge in [-0.1, -0.05) is 0 Å². The first-order valence-electron chi connectivity index (χ1n) is 9.83. The zero-order valence-electron chi connectivity index (χ0n) is 16.7. The third kappa shape index (κ3) is 4.24. The molecule has 2 heterocycles. The number of nitrogens with zero attached hydrogens (tertiary/aromatic N) is 3. The number of anilines is 1. The van der Waals surface area contributed by atoms with E-state index in [4.69, 9.17) is 0 Å². The molecule has 1 aromatic carbocycles. The van der Waals surface area contributed by atoms with Crippen molar-refractivity contribution in [3.8, 4) is 0 Å². The number of aryl methyl sites for hydroxylation is 1. The first-order valence-corrected chi connectivity index (χ1v) is 9.83. The number of nitrogens with one attached hydrogen (secondary N) is 1. The normalized spacial score (nSPS) is 25.1. The molecule has 1 aliphatic carbocycles. The largest absolute Gasteiger partial charge is 0.348 e. The standard InChI is InChI=1S/C21H20F4N4O2/c1-12-26-4-2-17(27-12)18(30)28-15-9-20(11-21(24,25)10-15)3-5-29(19(20)31)16-7-13(22)6-14(23)8-16/h2,4,6-8,15H,3,5,9-11H2,1H3,(H,28,30). The van der Waals surface area contributed by atoms with Gasteiger partial charge in [0.25, 0.3) is 11.8 Å². The molecule has 4 rings (SSSR count). The summed E-state index contributed by atoms with van der Waals surface area (Å²) < 4.78 is 56.5. The highest BCUT2D eigenvalue weighted by molar-refractivity contribution is 6.00. The molecular weight excluding hydrogens is 416 g/mol. The van der Waals surface area contributed by atoms with Crippen molar-refractivity contribution >= 4 is 17.5 Å². The third-order valence-electron chi connectivity index (χ3n) is 5.79. The van der Waals surface area contributed by atoms with Crippen LogP contribution >= 0.6 is 0 Å². The lowest BCUT2D eigenvalue weighted by molar-refractivity contribution is -0.140. The SMILES string of the molecule is Cc1nccc(C(=O)NC2CC(F)(F)CC3(CCN(c4cc(F)cc(F)c4)C3=O)C2)n1. The van der Waals surface area contributed by atoms with Gasteiger partial charge in [0.1, 0.15) is 23.2 Å². The quantitative estimate of drug-likeness (QED) is 0.749. The predicted octanol–water partition coefficient (Wildman–Crippen LogP) is 3.40. The lowest BCUT2D eigenvalue weighted by Gasteiger charge is -2.41. The van der Waals surface area contributed by atoms with Crippen LogP contribution in [0.15, 0.2) is 30.5 Å². The molecule has 2 atom stereocenters. The van der Waals surface area contributed by atoms with Crippen LogP contribution in [0.25, 0.3) is 0 Å². The van der Waals surface area contributed by atoms with Crippen molar-refractivity contribution in [2.75, 3.05) is 11.4 Å². The van der Waals surface area contributed by atoms with Crippen molar-refractivity contribution in [1.82, 2.24) is 15.3 Å². The molecule has 1 saturated heterocycles. The summed E-state index contributed by atoms with van der Waals surface area (Å²) in [6, 6.07) is 3.09. The molecule has 0 bridgehead atoms. The van der Waals surface area contributed by atoms with Gasteiger partial charge in [-0.15, -0.1) is 0 Å². The smallest absolute Gasteiger partial charge is 0.270 e. The fourth-order valence-electron chi connectivity index (χ4n) is 4.60. The fourth-order valence-corrected chi connectivity index (χ4v) is 4.60. The van der Waals surface area contributed by atoms with Gasteiger partial charge in [0, 0.05) is 43.4 Å². The first-order chi connectivity index (χ1) is 14.6. The van der Waals surface area contributed by atoms with E-state index in [-0.39, 0.29) is 30.8 Å². The molecule has 2 aromatic rings. The number of benzene rings is 1. The number of alkyl halides is 2. The van der Waals surface area contributed by atoms with Gasteiger partial charge in [0.2, 0.25) is 5.91 Å². The van der Waals surface area contributed by atoms with E-state index in [1.807, 2.05) is 0 Å². The highest BCUT2D eigenvalue weighted by atomic mass is 19.3. The van der Waals surface area contributed by atoms with Crippen LogP contribution in [0.3, 0.4) is 0 Å². The number of aromatic nitrogens is 2. The summed E-state index contributed by atoms with van der Waals surface area (Å²) in [5.41, 5.74) is -1.39. The fraction of sp³-hybridized carbons (Fsp3) is 0.429. The zero-order valence-corrected chi connectivity index (χ0v) is 16.7. The Morgan fingerprint density at radius 1 is 1.19 bits per heavy atom. The average Bonchev–Trinajstić information content (AvgIpc) is 2.95. The lowest BCUT2D eigenvalue weighted by Crippen LogP contribution is -2.52. The second-order valence-electron chi connectivity index (χ2n) is 8.22. The van der Waals surface area contributed by atoms with E-state index in [2.05, 4.69) is 15.3 Å². The zero-order chi connectivity index (χ0) is 22.4. The molecule has 1 aromatic heterocycles. The molecule has 1 N–H and O–H groups in total. The molecule has 0 radical (unpaired) electrons. The van der Waals surface area contributed by atoms with Crippen LogP contribution in [0.4, 0.5) is 23.2 Å². The molecule has 2 unspecified atom stereocenters. The van der Waals surface area contributed by atoms with E-state index in [0.29, 0.717) is 11.9 Å².